The van der Waals surface area contributed by atoms with Crippen molar-refractivity contribution >= 4 is 43.4 Å². The van der Waals surface area contributed by atoms with Gasteiger partial charge in [0.25, 0.3) is 0 Å². The first-order chi connectivity index (χ1) is 16.4. The summed E-state index contributed by atoms with van der Waals surface area (Å²) in [5.41, 5.74) is 4.19. The second-order valence-corrected chi connectivity index (χ2v) is 10.5. The average Bonchev–Trinajstić information content (AvgIpc) is 2.82. The van der Waals surface area contributed by atoms with Gasteiger partial charge in [0, 0.05) is 29.3 Å². The number of carbonyl (C=O) groups is 1. The summed E-state index contributed by atoms with van der Waals surface area (Å²) in [7, 11) is 1.64. The zero-order valence-corrected chi connectivity index (χ0v) is 22.6. The molecule has 2 aromatic rings. The number of halogens is 2. The number of rotatable bonds is 6. The predicted octanol–water partition coefficient (Wildman–Crippen LogP) is 7.14. The Kier molecular flexibility index (Phi) is 7.59. The van der Waals surface area contributed by atoms with E-state index in [9.17, 15) is 10.1 Å². The Hall–Kier alpha value is -2.43. The number of methoxy groups -OCH3 is 1. The monoisotopic (exact) mass is 584 g/mol. The van der Waals surface area contributed by atoms with Crippen molar-refractivity contribution in [1.29, 1.82) is 5.26 Å². The number of hydrogen-bond donors (Lipinski definition) is 0. The Labute approximate surface area is 217 Å². The second-order valence-electron chi connectivity index (χ2n) is 8.76. The molecule has 0 amide bonds. The highest BCUT2D eigenvalue weighted by Crippen LogP contribution is 2.47. The first kappa shape index (κ1) is 24.7. The molecule has 1 aliphatic heterocycles. The molecule has 0 bridgehead atoms. The van der Waals surface area contributed by atoms with E-state index in [0.29, 0.717) is 30.3 Å². The van der Waals surface area contributed by atoms with Crippen LogP contribution in [0.2, 0.25) is 0 Å². The van der Waals surface area contributed by atoms with Crippen molar-refractivity contribution < 1.29 is 14.3 Å². The summed E-state index contributed by atoms with van der Waals surface area (Å²) < 4.78 is 12.9. The maximum absolute atomic E-state index is 13.2. The minimum atomic E-state index is -0.483. The molecule has 0 saturated carbocycles. The van der Waals surface area contributed by atoms with E-state index in [4.69, 9.17) is 14.5 Å². The third-order valence-corrected chi connectivity index (χ3v) is 7.76. The lowest BCUT2D eigenvalue weighted by atomic mass is 9.70. The summed E-state index contributed by atoms with van der Waals surface area (Å²) in [6, 6.07) is 14.1. The molecule has 4 rings (SSSR count). The summed E-state index contributed by atoms with van der Waals surface area (Å²) in [6.07, 6.45) is 2.25. The van der Waals surface area contributed by atoms with E-state index in [-0.39, 0.29) is 11.7 Å². The van der Waals surface area contributed by atoms with Gasteiger partial charge in [-0.2, -0.15) is 5.26 Å². The van der Waals surface area contributed by atoms with Crippen LogP contribution in [0.4, 0.5) is 0 Å². The highest BCUT2D eigenvalue weighted by Gasteiger charge is 2.41. The SMILES string of the molecule is CCC1CC(=O)C2=C(C1)N=C(C)C(C#N)C2c1cc(Br)c(OCc2cccc(OC)c2)c(Br)c1. The van der Waals surface area contributed by atoms with Crippen LogP contribution in [0.1, 0.15) is 50.2 Å². The quantitative estimate of drug-likeness (QED) is 0.361. The first-order valence-electron chi connectivity index (χ1n) is 11.3. The Morgan fingerprint density at radius 3 is 2.56 bits per heavy atom. The van der Waals surface area contributed by atoms with E-state index >= 15 is 0 Å². The van der Waals surface area contributed by atoms with Crippen LogP contribution in [0.25, 0.3) is 0 Å². The molecule has 34 heavy (non-hydrogen) atoms. The molecular formula is C27H26Br2N2O3. The summed E-state index contributed by atoms with van der Waals surface area (Å²) in [4.78, 5) is 17.9. The molecule has 176 valence electrons. The largest absolute Gasteiger partial charge is 0.497 e. The Morgan fingerprint density at radius 1 is 1.18 bits per heavy atom. The second kappa shape index (κ2) is 10.5. The van der Waals surface area contributed by atoms with Crippen LogP contribution in [0, 0.1) is 23.2 Å². The number of carbonyl (C=O) groups excluding carboxylic acids is 1. The number of aliphatic imine (C=N–C) groups is 1. The fourth-order valence-corrected chi connectivity index (χ4v) is 6.22. The first-order valence-corrected chi connectivity index (χ1v) is 12.9. The summed E-state index contributed by atoms with van der Waals surface area (Å²) in [5.74, 6) is 1.04. The average molecular weight is 586 g/mol. The summed E-state index contributed by atoms with van der Waals surface area (Å²) in [6.45, 7) is 4.37. The smallest absolute Gasteiger partial charge is 0.161 e. The minimum absolute atomic E-state index is 0.111. The van der Waals surface area contributed by atoms with Crippen LogP contribution in [0.15, 0.2) is 61.6 Å². The lowest BCUT2D eigenvalue weighted by Crippen LogP contribution is -2.32. The van der Waals surface area contributed by atoms with Gasteiger partial charge in [0.05, 0.1) is 28.0 Å². The number of nitrogens with zero attached hydrogens (tertiary/aromatic N) is 2. The fraction of sp³-hybridized carbons (Fsp3) is 0.370. The van der Waals surface area contributed by atoms with Crippen molar-refractivity contribution in [2.75, 3.05) is 7.11 Å². The van der Waals surface area contributed by atoms with Gasteiger partial charge in [-0.05, 0) is 86.5 Å². The van der Waals surface area contributed by atoms with Crippen LogP contribution in [-0.4, -0.2) is 18.6 Å². The number of nitriles is 1. The van der Waals surface area contributed by atoms with E-state index in [2.05, 4.69) is 44.9 Å². The summed E-state index contributed by atoms with van der Waals surface area (Å²) in [5, 5.41) is 9.99. The predicted molar refractivity (Wildman–Crippen MR) is 139 cm³/mol. The van der Waals surface area contributed by atoms with Crippen LogP contribution >= 0.6 is 31.9 Å². The number of allylic oxidation sites excluding steroid dienone is 2. The van der Waals surface area contributed by atoms with E-state index in [0.717, 1.165) is 50.1 Å². The molecule has 3 atom stereocenters. The molecule has 0 fully saturated rings. The molecule has 5 nitrogen and oxygen atoms in total. The van der Waals surface area contributed by atoms with E-state index in [1.165, 1.54) is 0 Å². The molecule has 1 heterocycles. The van der Waals surface area contributed by atoms with Gasteiger partial charge in [0.15, 0.2) is 5.78 Å². The van der Waals surface area contributed by atoms with Gasteiger partial charge >= 0.3 is 0 Å². The fourth-order valence-electron chi connectivity index (χ4n) is 4.77. The molecule has 0 aromatic heterocycles. The lowest BCUT2D eigenvalue weighted by Gasteiger charge is -2.35. The van der Waals surface area contributed by atoms with E-state index in [1.807, 2.05) is 43.3 Å². The van der Waals surface area contributed by atoms with Crippen molar-refractivity contribution in [1.82, 2.24) is 0 Å². The maximum atomic E-state index is 13.2. The molecule has 0 N–H and O–H groups in total. The van der Waals surface area contributed by atoms with Crippen molar-refractivity contribution in [2.45, 2.75) is 45.6 Å². The highest BCUT2D eigenvalue weighted by molar-refractivity contribution is 9.11. The van der Waals surface area contributed by atoms with Crippen LogP contribution < -0.4 is 9.47 Å². The van der Waals surface area contributed by atoms with Gasteiger partial charge in [-0.25, -0.2) is 0 Å². The third kappa shape index (κ3) is 4.85. The Bertz CT molecular complexity index is 1210. The molecule has 2 aliphatic rings. The molecule has 2 aromatic carbocycles. The number of ketones is 1. The topological polar surface area (TPSA) is 71.7 Å². The number of hydrogen-bond acceptors (Lipinski definition) is 5. The van der Waals surface area contributed by atoms with Gasteiger partial charge in [0.2, 0.25) is 0 Å². The van der Waals surface area contributed by atoms with Gasteiger partial charge in [-0.15, -0.1) is 0 Å². The molecule has 3 unspecified atom stereocenters. The van der Waals surface area contributed by atoms with Crippen LogP contribution in [0.5, 0.6) is 11.5 Å². The van der Waals surface area contributed by atoms with Gasteiger partial charge in [0.1, 0.15) is 18.1 Å². The maximum Gasteiger partial charge on any atom is 0.161 e. The molecule has 0 spiro atoms. The zero-order valence-electron chi connectivity index (χ0n) is 19.4. The lowest BCUT2D eigenvalue weighted by molar-refractivity contribution is -0.117. The highest BCUT2D eigenvalue weighted by atomic mass is 79.9. The van der Waals surface area contributed by atoms with E-state index < -0.39 is 5.92 Å². The summed E-state index contributed by atoms with van der Waals surface area (Å²) >= 11 is 7.31. The Balaban J connectivity index is 1.68. The zero-order chi connectivity index (χ0) is 24.4. The van der Waals surface area contributed by atoms with Crippen molar-refractivity contribution in [3.63, 3.8) is 0 Å². The number of benzene rings is 2. The van der Waals surface area contributed by atoms with E-state index in [1.54, 1.807) is 7.11 Å². The van der Waals surface area contributed by atoms with Crippen LogP contribution in [-0.2, 0) is 11.4 Å². The van der Waals surface area contributed by atoms with Crippen molar-refractivity contribution in [3.8, 4) is 17.6 Å². The molecule has 0 radical (unpaired) electrons. The normalized spacial score (nSPS) is 22.1. The standard InChI is InChI=1S/C27H26Br2N2O3/c1-4-16-9-23-26(24(32)10-16)25(20(13-30)15(2)31-23)18-11-21(28)27(22(29)12-18)34-14-17-6-5-7-19(8-17)33-3/h5-8,11-12,16,20,25H,4,9-10,14H2,1-3H3. The van der Waals surface area contributed by atoms with Crippen LogP contribution in [0.3, 0.4) is 0 Å². The molecule has 1 aliphatic carbocycles. The van der Waals surface area contributed by atoms with Crippen molar-refractivity contribution in [3.05, 3.63) is 67.7 Å². The number of Topliss-reactive ketones (excluding diaryl/α,β-unsaturated/α-hetero) is 1. The van der Waals surface area contributed by atoms with Gasteiger partial charge in [-0.3, -0.25) is 9.79 Å². The molecular weight excluding hydrogens is 560 g/mol. The minimum Gasteiger partial charge on any atom is -0.497 e. The third-order valence-electron chi connectivity index (χ3n) is 6.59. The number of ether oxygens (including phenoxy) is 2. The van der Waals surface area contributed by atoms with Gasteiger partial charge in [-0.1, -0.05) is 25.5 Å². The van der Waals surface area contributed by atoms with Gasteiger partial charge < -0.3 is 9.47 Å². The molecule has 7 heteroatoms. The molecule has 0 saturated heterocycles. The Morgan fingerprint density at radius 2 is 1.91 bits per heavy atom. The van der Waals surface area contributed by atoms with Crippen molar-refractivity contribution in [2.24, 2.45) is 16.8 Å².